The summed E-state index contributed by atoms with van der Waals surface area (Å²) in [5.41, 5.74) is 5.13. The van der Waals surface area contributed by atoms with E-state index < -0.39 is 0 Å². The highest BCUT2D eigenvalue weighted by atomic mass is 16.3. The Bertz CT molecular complexity index is 99.2. The second-order valence-corrected chi connectivity index (χ2v) is 2.12. The molecule has 0 aliphatic carbocycles. The number of rotatable bonds is 3. The largest absolute Gasteiger partial charge is 0.495 e. The zero-order chi connectivity index (χ0) is 7.28. The fraction of sp³-hybridized carbons (Fsp3) is 0.667. The summed E-state index contributed by atoms with van der Waals surface area (Å²) >= 11 is 0. The molecule has 0 fully saturated rings. The molecule has 0 saturated carbocycles. The Labute approximate surface area is 55.6 Å². The molecule has 0 heterocycles. The van der Waals surface area contributed by atoms with Crippen molar-refractivity contribution in [2.75, 3.05) is 6.54 Å². The first-order valence-corrected chi connectivity index (χ1v) is 3.02. The number of aliphatic hydroxyl groups is 1. The average molecular weight is 130 g/mol. The van der Waals surface area contributed by atoms with Crippen molar-refractivity contribution in [3.63, 3.8) is 0 Å². The van der Waals surface area contributed by atoms with E-state index in [2.05, 4.69) is 5.32 Å². The lowest BCUT2D eigenvalue weighted by Gasteiger charge is -2.06. The number of aliphatic hydroxyl groups excluding tert-OH is 1. The van der Waals surface area contributed by atoms with E-state index in [9.17, 15) is 0 Å². The number of hydrogen-bond acceptors (Lipinski definition) is 3. The molecular weight excluding hydrogens is 116 g/mol. The first-order valence-electron chi connectivity index (χ1n) is 3.02. The smallest absolute Gasteiger partial charge is 0.181 e. The Morgan fingerprint density at radius 3 is 2.67 bits per heavy atom. The van der Waals surface area contributed by atoms with Gasteiger partial charge < -0.3 is 16.2 Å². The minimum Gasteiger partial charge on any atom is -0.495 e. The van der Waals surface area contributed by atoms with Crippen molar-refractivity contribution in [3.8, 4) is 0 Å². The van der Waals surface area contributed by atoms with Gasteiger partial charge in [-0.2, -0.15) is 0 Å². The molecule has 0 spiro atoms. The van der Waals surface area contributed by atoms with Gasteiger partial charge in [-0.3, -0.25) is 0 Å². The van der Waals surface area contributed by atoms with Gasteiger partial charge >= 0.3 is 0 Å². The van der Waals surface area contributed by atoms with Crippen LogP contribution in [0.1, 0.15) is 13.8 Å². The van der Waals surface area contributed by atoms with Gasteiger partial charge in [0.25, 0.3) is 0 Å². The molecule has 0 aromatic rings. The van der Waals surface area contributed by atoms with E-state index in [1.807, 2.05) is 13.8 Å². The highest BCUT2D eigenvalue weighted by molar-refractivity contribution is 4.89. The summed E-state index contributed by atoms with van der Waals surface area (Å²) in [5.74, 6) is 0.160. The van der Waals surface area contributed by atoms with Crippen molar-refractivity contribution >= 4 is 0 Å². The van der Waals surface area contributed by atoms with Crippen LogP contribution in [-0.2, 0) is 0 Å². The lowest BCUT2D eigenvalue weighted by molar-refractivity contribution is 0.348. The van der Waals surface area contributed by atoms with Crippen molar-refractivity contribution in [2.24, 2.45) is 5.73 Å². The average Bonchev–Trinajstić information content (AvgIpc) is 1.63. The third-order valence-electron chi connectivity index (χ3n) is 0.748. The molecule has 54 valence electrons. The molecule has 9 heavy (non-hydrogen) atoms. The lowest BCUT2D eigenvalue weighted by atomic mass is 10.4. The number of hydrogen-bond donors (Lipinski definition) is 3. The molecule has 3 nitrogen and oxygen atoms in total. The minimum atomic E-state index is 0.160. The van der Waals surface area contributed by atoms with Crippen LogP contribution in [0.3, 0.4) is 0 Å². The van der Waals surface area contributed by atoms with E-state index in [1.165, 1.54) is 6.08 Å². The van der Waals surface area contributed by atoms with Crippen molar-refractivity contribution in [1.82, 2.24) is 5.32 Å². The Hall–Kier alpha value is -0.700. The predicted molar refractivity (Wildman–Crippen MR) is 38.0 cm³/mol. The van der Waals surface area contributed by atoms with Crippen LogP contribution in [0.4, 0.5) is 0 Å². The quantitative estimate of drug-likeness (QED) is 0.483. The Morgan fingerprint density at radius 2 is 2.33 bits per heavy atom. The molecule has 4 N–H and O–H groups in total. The monoisotopic (exact) mass is 130 g/mol. The fourth-order valence-electron chi connectivity index (χ4n) is 0.466. The van der Waals surface area contributed by atoms with Gasteiger partial charge in [-0.25, -0.2) is 0 Å². The normalized spacial score (nSPS) is 12.2. The number of nitrogens with one attached hydrogen (secondary N) is 1. The maximum Gasteiger partial charge on any atom is 0.181 e. The summed E-state index contributed by atoms with van der Waals surface area (Å²) in [7, 11) is 0. The van der Waals surface area contributed by atoms with Crippen molar-refractivity contribution in [1.29, 1.82) is 0 Å². The molecule has 0 bridgehead atoms. The third kappa shape index (κ3) is 5.17. The van der Waals surface area contributed by atoms with Crippen LogP contribution in [0, 0.1) is 0 Å². The highest BCUT2D eigenvalue weighted by Crippen LogP contribution is 1.83. The van der Waals surface area contributed by atoms with Crippen LogP contribution in [0.25, 0.3) is 0 Å². The van der Waals surface area contributed by atoms with Crippen molar-refractivity contribution in [3.05, 3.63) is 12.0 Å². The zero-order valence-corrected chi connectivity index (χ0v) is 5.89. The number of nitrogens with two attached hydrogens (primary N) is 1. The second kappa shape index (κ2) is 4.21. The molecule has 0 amide bonds. The van der Waals surface area contributed by atoms with Crippen LogP contribution < -0.4 is 11.1 Å². The van der Waals surface area contributed by atoms with Gasteiger partial charge in [0, 0.05) is 12.6 Å². The van der Waals surface area contributed by atoms with Gasteiger partial charge in [0.15, 0.2) is 5.88 Å². The first-order chi connectivity index (χ1) is 4.16. The molecule has 0 rings (SSSR count). The Kier molecular flexibility index (Phi) is 3.88. The lowest BCUT2D eigenvalue weighted by Crippen LogP contribution is -2.22. The molecule has 0 unspecified atom stereocenters. The molecule has 3 heteroatoms. The van der Waals surface area contributed by atoms with E-state index in [-0.39, 0.29) is 11.9 Å². The topological polar surface area (TPSA) is 58.3 Å². The molecule has 0 atom stereocenters. The van der Waals surface area contributed by atoms with Gasteiger partial charge in [0.1, 0.15) is 0 Å². The third-order valence-corrected chi connectivity index (χ3v) is 0.748. The minimum absolute atomic E-state index is 0.160. The van der Waals surface area contributed by atoms with Gasteiger partial charge in [-0.05, 0) is 19.9 Å². The molecule has 0 aliphatic rings. The van der Waals surface area contributed by atoms with E-state index in [4.69, 9.17) is 10.8 Å². The summed E-state index contributed by atoms with van der Waals surface area (Å²) in [6.07, 6.45) is 1.53. The van der Waals surface area contributed by atoms with Crippen LogP contribution in [-0.4, -0.2) is 17.7 Å². The Morgan fingerprint density at radius 1 is 1.78 bits per heavy atom. The van der Waals surface area contributed by atoms with E-state index in [0.29, 0.717) is 6.54 Å². The van der Waals surface area contributed by atoms with E-state index in [0.717, 1.165) is 0 Å². The van der Waals surface area contributed by atoms with Gasteiger partial charge in [-0.1, -0.05) is 0 Å². The van der Waals surface area contributed by atoms with Crippen LogP contribution in [0.2, 0.25) is 0 Å². The molecule has 0 saturated heterocycles. The molecule has 0 aromatic heterocycles. The molecular formula is C6H14N2O. The second-order valence-electron chi connectivity index (χ2n) is 2.12. The summed E-state index contributed by atoms with van der Waals surface area (Å²) in [6, 6.07) is 0.257. The molecule has 0 aliphatic heterocycles. The maximum atomic E-state index is 8.89. The maximum absolute atomic E-state index is 8.89. The summed E-state index contributed by atoms with van der Waals surface area (Å²) in [4.78, 5) is 0. The summed E-state index contributed by atoms with van der Waals surface area (Å²) in [5, 5.41) is 11.7. The van der Waals surface area contributed by atoms with Crippen molar-refractivity contribution < 1.29 is 5.11 Å². The van der Waals surface area contributed by atoms with E-state index in [1.54, 1.807) is 0 Å². The standard InChI is InChI=1S/C6H14N2O/c1-5(2)8-6(9)3-4-7/h3,5,8-9H,4,7H2,1-2H3/b6-3+. The van der Waals surface area contributed by atoms with Crippen molar-refractivity contribution in [2.45, 2.75) is 19.9 Å². The summed E-state index contributed by atoms with van der Waals surface area (Å²) in [6.45, 7) is 4.26. The molecule has 0 radical (unpaired) electrons. The molecule has 0 aromatic carbocycles. The van der Waals surface area contributed by atoms with E-state index >= 15 is 0 Å². The first kappa shape index (κ1) is 8.30. The fourth-order valence-corrected chi connectivity index (χ4v) is 0.466. The van der Waals surface area contributed by atoms with Gasteiger partial charge in [-0.15, -0.1) is 0 Å². The summed E-state index contributed by atoms with van der Waals surface area (Å²) < 4.78 is 0. The highest BCUT2D eigenvalue weighted by Gasteiger charge is 1.91. The SMILES string of the molecule is CC(C)N/C(O)=C\CN. The van der Waals surface area contributed by atoms with Crippen LogP contribution >= 0.6 is 0 Å². The van der Waals surface area contributed by atoms with Crippen LogP contribution in [0.5, 0.6) is 0 Å². The van der Waals surface area contributed by atoms with Gasteiger partial charge in [0.05, 0.1) is 0 Å². The predicted octanol–water partition coefficient (Wildman–Crippen LogP) is 0.342. The van der Waals surface area contributed by atoms with Crippen LogP contribution in [0.15, 0.2) is 12.0 Å². The van der Waals surface area contributed by atoms with Gasteiger partial charge in [0.2, 0.25) is 0 Å². The Balaban J connectivity index is 3.49. The zero-order valence-electron chi connectivity index (χ0n) is 5.89.